The number of nitrogens with zero attached hydrogens (tertiary/aromatic N) is 1. The molecule has 28 heavy (non-hydrogen) atoms. The minimum Gasteiger partial charge on any atom is -0.508 e. The number of aromatic hydroxyl groups is 2. The Kier molecular flexibility index (Phi) is 5.49. The summed E-state index contributed by atoms with van der Waals surface area (Å²) in [6.45, 7) is -0.524. The highest BCUT2D eigenvalue weighted by atomic mass is 17.0. The van der Waals surface area contributed by atoms with Gasteiger partial charge >= 0.3 is 0 Å². The second-order valence-electron chi connectivity index (χ2n) is 5.55. The second-order valence-corrected chi connectivity index (χ2v) is 5.55. The number of fused-ring (bicyclic) bond motifs is 1. The molecule has 0 amide bonds. The summed E-state index contributed by atoms with van der Waals surface area (Å²) >= 11 is 0. The van der Waals surface area contributed by atoms with Crippen LogP contribution in [0.3, 0.4) is 0 Å². The summed E-state index contributed by atoms with van der Waals surface area (Å²) < 4.78 is 15.7. The first kappa shape index (κ1) is 18.8. The minimum absolute atomic E-state index is 0.129. The molecule has 1 aliphatic rings. The average Bonchev–Trinajstić information content (AvgIpc) is 3.10. The Balaban J connectivity index is 1.77. The van der Waals surface area contributed by atoms with Gasteiger partial charge in [-0.3, -0.25) is 4.79 Å². The van der Waals surface area contributed by atoms with Gasteiger partial charge in [0.1, 0.15) is 36.0 Å². The maximum Gasteiger partial charge on any atom is 0.294 e. The highest BCUT2D eigenvalue weighted by Crippen LogP contribution is 2.35. The third kappa shape index (κ3) is 4.41. The largest absolute Gasteiger partial charge is 0.508 e. The Hall–Kier alpha value is -3.95. The van der Waals surface area contributed by atoms with E-state index in [0.29, 0.717) is 17.1 Å². The topological polar surface area (TPSA) is 138 Å². The molecule has 0 spiro atoms. The van der Waals surface area contributed by atoms with E-state index in [2.05, 4.69) is 4.84 Å². The fourth-order valence-electron chi connectivity index (χ4n) is 2.48. The molecule has 2 aromatic carbocycles. The van der Waals surface area contributed by atoms with Crippen LogP contribution in [0.1, 0.15) is 15.9 Å². The summed E-state index contributed by atoms with van der Waals surface area (Å²) in [4.78, 5) is 26.8. The van der Waals surface area contributed by atoms with Gasteiger partial charge in [0.2, 0.25) is 6.79 Å². The van der Waals surface area contributed by atoms with Crippen LogP contribution in [0.2, 0.25) is 0 Å². The first-order valence-electron chi connectivity index (χ1n) is 8.02. The molecule has 0 unspecified atom stereocenters. The molecule has 2 aromatic rings. The Morgan fingerprint density at radius 1 is 1.18 bits per heavy atom. The molecule has 0 saturated heterocycles. The quantitative estimate of drug-likeness (QED) is 0.229. The molecule has 0 atom stereocenters. The van der Waals surface area contributed by atoms with E-state index in [-0.39, 0.29) is 37.1 Å². The van der Waals surface area contributed by atoms with Crippen molar-refractivity contribution in [3.05, 3.63) is 57.6 Å². The van der Waals surface area contributed by atoms with Gasteiger partial charge < -0.3 is 29.3 Å². The molecule has 0 saturated carbocycles. The molecule has 3 rings (SSSR count). The number of benzene rings is 2. The van der Waals surface area contributed by atoms with E-state index in [1.165, 1.54) is 12.2 Å². The molecule has 10 nitrogen and oxygen atoms in total. The first-order valence-corrected chi connectivity index (χ1v) is 8.02. The summed E-state index contributed by atoms with van der Waals surface area (Å²) in [6.07, 6.45) is 2.72. The molecule has 146 valence electrons. The summed E-state index contributed by atoms with van der Waals surface area (Å²) in [5, 5.41) is 28.8. The second kappa shape index (κ2) is 8.16. The van der Waals surface area contributed by atoms with Crippen LogP contribution in [0.25, 0.3) is 6.08 Å². The zero-order valence-electron chi connectivity index (χ0n) is 14.4. The van der Waals surface area contributed by atoms with Crippen LogP contribution in [0, 0.1) is 10.1 Å². The van der Waals surface area contributed by atoms with Gasteiger partial charge in [-0.05, 0) is 23.8 Å². The van der Waals surface area contributed by atoms with Crippen molar-refractivity contribution in [2.24, 2.45) is 0 Å². The molecular formula is C18H15NO9. The Morgan fingerprint density at radius 2 is 1.96 bits per heavy atom. The molecule has 1 heterocycles. The highest BCUT2D eigenvalue weighted by Gasteiger charge is 2.18. The summed E-state index contributed by atoms with van der Waals surface area (Å²) in [7, 11) is 0. The lowest BCUT2D eigenvalue weighted by Gasteiger charge is -2.11. The number of rotatable bonds is 8. The van der Waals surface area contributed by atoms with Crippen LogP contribution in [-0.4, -0.2) is 41.1 Å². The molecule has 0 fully saturated rings. The van der Waals surface area contributed by atoms with E-state index >= 15 is 0 Å². The Morgan fingerprint density at radius 3 is 2.75 bits per heavy atom. The molecular weight excluding hydrogens is 374 g/mol. The molecule has 0 bridgehead atoms. The van der Waals surface area contributed by atoms with Crippen LogP contribution in [0.5, 0.6) is 28.7 Å². The highest BCUT2D eigenvalue weighted by molar-refractivity contribution is 6.10. The molecule has 1 aliphatic heterocycles. The number of allylic oxidation sites excluding steroid dienone is 1. The Bertz CT molecular complexity index is 939. The number of ketones is 1. The van der Waals surface area contributed by atoms with E-state index < -0.39 is 16.6 Å². The molecule has 0 aliphatic carbocycles. The zero-order chi connectivity index (χ0) is 20.1. The van der Waals surface area contributed by atoms with Crippen molar-refractivity contribution in [2.75, 3.05) is 20.0 Å². The number of carbonyl (C=O) groups excluding carboxylic acids is 1. The van der Waals surface area contributed by atoms with E-state index in [1.54, 1.807) is 18.2 Å². The van der Waals surface area contributed by atoms with Gasteiger partial charge in [-0.1, -0.05) is 12.1 Å². The van der Waals surface area contributed by atoms with Gasteiger partial charge in [-0.25, -0.2) is 0 Å². The smallest absolute Gasteiger partial charge is 0.294 e. The van der Waals surface area contributed by atoms with Crippen molar-refractivity contribution in [1.82, 2.24) is 0 Å². The van der Waals surface area contributed by atoms with Gasteiger partial charge in [-0.15, -0.1) is 10.1 Å². The van der Waals surface area contributed by atoms with E-state index in [1.807, 2.05) is 0 Å². The number of hydrogen-bond acceptors (Lipinski definition) is 9. The maximum absolute atomic E-state index is 12.5. The van der Waals surface area contributed by atoms with Crippen molar-refractivity contribution >= 4 is 11.9 Å². The maximum atomic E-state index is 12.5. The predicted octanol–water partition coefficient (Wildman–Crippen LogP) is 2.31. The number of carbonyl (C=O) groups is 1. The van der Waals surface area contributed by atoms with Crippen LogP contribution < -0.4 is 14.2 Å². The van der Waals surface area contributed by atoms with Gasteiger partial charge in [0.15, 0.2) is 17.3 Å². The van der Waals surface area contributed by atoms with Crippen molar-refractivity contribution < 1.29 is 39.1 Å². The monoisotopic (exact) mass is 389 g/mol. The molecule has 2 N–H and O–H groups in total. The minimum atomic E-state index is -0.983. The van der Waals surface area contributed by atoms with Crippen molar-refractivity contribution in [3.63, 3.8) is 0 Å². The van der Waals surface area contributed by atoms with E-state index in [4.69, 9.17) is 14.2 Å². The SMILES string of the molecule is O=C(/C=C/c1ccc2c(c1)OCO2)c1c(O)cc(O)cc1OCCO[N+](=O)[O-]. The average molecular weight is 389 g/mol. The van der Waals surface area contributed by atoms with Gasteiger partial charge in [0.05, 0.1) is 0 Å². The fourth-order valence-corrected chi connectivity index (χ4v) is 2.48. The van der Waals surface area contributed by atoms with E-state index in [0.717, 1.165) is 12.1 Å². The lowest BCUT2D eigenvalue weighted by molar-refractivity contribution is -0.757. The summed E-state index contributed by atoms with van der Waals surface area (Å²) in [6, 6.07) is 7.22. The number of ether oxygens (including phenoxy) is 3. The zero-order valence-corrected chi connectivity index (χ0v) is 14.4. The third-order valence-electron chi connectivity index (χ3n) is 3.67. The lowest BCUT2D eigenvalue weighted by atomic mass is 10.1. The van der Waals surface area contributed by atoms with Crippen LogP contribution in [0.15, 0.2) is 36.4 Å². The van der Waals surface area contributed by atoms with Crippen molar-refractivity contribution in [3.8, 4) is 28.7 Å². The summed E-state index contributed by atoms with van der Waals surface area (Å²) in [5.74, 6) is -0.404. The lowest BCUT2D eigenvalue weighted by Crippen LogP contribution is -2.12. The van der Waals surface area contributed by atoms with Gasteiger partial charge in [0, 0.05) is 12.1 Å². The van der Waals surface area contributed by atoms with Crippen LogP contribution in [0.4, 0.5) is 0 Å². The fraction of sp³-hybridized carbons (Fsp3) is 0.167. The standard InChI is InChI=1S/C18H15NO9/c20-12-8-14(22)18(17(9-12)25-5-6-28-19(23)24)13(21)3-1-11-2-4-15-16(7-11)27-10-26-15/h1-4,7-9,20,22H,5-6,10H2/b3-1+. The molecule has 10 heteroatoms. The van der Waals surface area contributed by atoms with Crippen molar-refractivity contribution in [2.45, 2.75) is 0 Å². The normalized spacial score (nSPS) is 12.1. The number of phenolic OH excluding ortho intramolecular Hbond substituents is 2. The third-order valence-corrected chi connectivity index (χ3v) is 3.67. The summed E-state index contributed by atoms with van der Waals surface area (Å²) in [5.41, 5.74) is 0.466. The number of phenols is 2. The molecule has 0 radical (unpaired) electrons. The van der Waals surface area contributed by atoms with Gasteiger partial charge in [-0.2, -0.15) is 0 Å². The predicted molar refractivity (Wildman–Crippen MR) is 94.1 cm³/mol. The van der Waals surface area contributed by atoms with Crippen LogP contribution in [-0.2, 0) is 4.84 Å². The first-order chi connectivity index (χ1) is 13.4. The van der Waals surface area contributed by atoms with Gasteiger partial charge in [0.25, 0.3) is 5.09 Å². The molecule has 0 aromatic heterocycles. The van der Waals surface area contributed by atoms with Crippen LogP contribution >= 0.6 is 0 Å². The van der Waals surface area contributed by atoms with E-state index in [9.17, 15) is 25.1 Å². The van der Waals surface area contributed by atoms with Crippen molar-refractivity contribution in [1.29, 1.82) is 0 Å². The number of hydrogen-bond donors (Lipinski definition) is 2. The Labute approximate surface area is 158 Å².